The van der Waals surface area contributed by atoms with E-state index in [-0.39, 0.29) is 6.04 Å². The molecule has 0 spiro atoms. The van der Waals surface area contributed by atoms with Crippen molar-refractivity contribution in [2.75, 3.05) is 18.4 Å². The van der Waals surface area contributed by atoms with Gasteiger partial charge >= 0.3 is 12.2 Å². The highest BCUT2D eigenvalue weighted by atomic mass is 19.4. The van der Waals surface area contributed by atoms with Crippen molar-refractivity contribution in [2.24, 2.45) is 22.4 Å². The number of aliphatic imine (C=N–C) groups is 1. The Labute approximate surface area is 199 Å². The normalized spacial score (nSPS) is 15.5. The topological polar surface area (TPSA) is 136 Å². The Kier molecular flexibility index (Phi) is 7.01. The van der Waals surface area contributed by atoms with Gasteiger partial charge in [-0.1, -0.05) is 12.1 Å². The van der Waals surface area contributed by atoms with Gasteiger partial charge in [-0.25, -0.2) is 14.3 Å². The van der Waals surface area contributed by atoms with E-state index in [1.54, 1.807) is 52.7 Å². The minimum absolute atomic E-state index is 0.0797. The number of nitrogens with zero attached hydrogens (tertiary/aromatic N) is 4. The van der Waals surface area contributed by atoms with Crippen molar-refractivity contribution in [2.45, 2.75) is 25.1 Å². The molecule has 1 aliphatic rings. The highest BCUT2D eigenvalue weighted by molar-refractivity contribution is 6.09. The van der Waals surface area contributed by atoms with Gasteiger partial charge in [-0.3, -0.25) is 4.99 Å². The molecular weight excluding hydrogens is 461 g/mol. The molecule has 2 heterocycles. The number of carbonyl (C=O) groups excluding carboxylic acids is 1. The number of benzene rings is 1. The molecule has 12 heteroatoms. The maximum atomic E-state index is 12.3. The third-order valence-electron chi connectivity index (χ3n) is 5.55. The SMILES string of the molecule is NC=C(C=NC(CN)C1CC1)c1cnn2c(-c3cccc(NC(=O)NCC(F)(F)F)c3)cnc2c1. The lowest BCUT2D eigenvalue weighted by Crippen LogP contribution is -2.36. The van der Waals surface area contributed by atoms with Crippen LogP contribution in [0.15, 0.2) is 53.9 Å². The second kappa shape index (κ2) is 10.1. The maximum absolute atomic E-state index is 12.3. The average molecular weight is 487 g/mol. The molecule has 0 bridgehead atoms. The maximum Gasteiger partial charge on any atom is 0.405 e. The molecule has 184 valence electrons. The molecule has 1 aromatic carbocycles. The Bertz CT molecular complexity index is 1260. The second-order valence-electron chi connectivity index (χ2n) is 8.20. The molecule has 1 aliphatic carbocycles. The number of halogens is 3. The van der Waals surface area contributed by atoms with Gasteiger partial charge in [0.25, 0.3) is 0 Å². The first-order valence-corrected chi connectivity index (χ1v) is 11.0. The van der Waals surface area contributed by atoms with E-state index in [0.717, 1.165) is 18.4 Å². The van der Waals surface area contributed by atoms with Crippen molar-refractivity contribution in [3.63, 3.8) is 0 Å². The van der Waals surface area contributed by atoms with E-state index in [0.29, 0.717) is 40.6 Å². The Morgan fingerprint density at radius 2 is 2.09 bits per heavy atom. The lowest BCUT2D eigenvalue weighted by Gasteiger charge is -2.11. The van der Waals surface area contributed by atoms with E-state index in [9.17, 15) is 18.0 Å². The summed E-state index contributed by atoms with van der Waals surface area (Å²) >= 11 is 0. The highest BCUT2D eigenvalue weighted by Crippen LogP contribution is 2.34. The van der Waals surface area contributed by atoms with E-state index < -0.39 is 18.8 Å². The summed E-state index contributed by atoms with van der Waals surface area (Å²) in [6.45, 7) is -0.937. The number of allylic oxidation sites excluding steroid dienone is 1. The molecular formula is C23H25F3N8O. The number of hydrogen-bond donors (Lipinski definition) is 4. The van der Waals surface area contributed by atoms with Crippen LogP contribution in [-0.4, -0.2) is 52.2 Å². The Hall–Kier alpha value is -3.93. The molecule has 2 aromatic heterocycles. The third-order valence-corrected chi connectivity index (χ3v) is 5.55. The highest BCUT2D eigenvalue weighted by Gasteiger charge is 2.29. The first-order valence-electron chi connectivity index (χ1n) is 11.0. The van der Waals surface area contributed by atoms with Crippen LogP contribution in [0, 0.1) is 5.92 Å². The van der Waals surface area contributed by atoms with Crippen LogP contribution in [0.25, 0.3) is 22.5 Å². The Morgan fingerprint density at radius 3 is 2.77 bits per heavy atom. The fraction of sp³-hybridized carbons (Fsp3) is 0.304. The number of amides is 2. The number of aromatic nitrogens is 3. The first-order chi connectivity index (χ1) is 16.8. The quantitative estimate of drug-likeness (QED) is 0.363. The largest absolute Gasteiger partial charge is 0.405 e. The third kappa shape index (κ3) is 6.15. The molecule has 1 atom stereocenters. The van der Waals surface area contributed by atoms with Crippen molar-refractivity contribution in [3.05, 3.63) is 54.5 Å². The van der Waals surface area contributed by atoms with Gasteiger partial charge in [0, 0.05) is 41.3 Å². The van der Waals surface area contributed by atoms with Crippen molar-refractivity contribution in [1.82, 2.24) is 19.9 Å². The minimum Gasteiger partial charge on any atom is -0.404 e. The smallest absolute Gasteiger partial charge is 0.404 e. The first kappa shape index (κ1) is 24.2. The second-order valence-corrected chi connectivity index (χ2v) is 8.20. The van der Waals surface area contributed by atoms with Gasteiger partial charge in [0.2, 0.25) is 0 Å². The Balaban J connectivity index is 1.52. The lowest BCUT2D eigenvalue weighted by atomic mass is 10.1. The predicted molar refractivity (Wildman–Crippen MR) is 128 cm³/mol. The van der Waals surface area contributed by atoms with Crippen LogP contribution in [0.5, 0.6) is 0 Å². The molecule has 35 heavy (non-hydrogen) atoms. The molecule has 1 unspecified atom stereocenters. The molecule has 0 saturated heterocycles. The summed E-state index contributed by atoms with van der Waals surface area (Å²) in [6.07, 6.45) is 4.22. The van der Waals surface area contributed by atoms with Crippen LogP contribution in [-0.2, 0) is 0 Å². The predicted octanol–water partition coefficient (Wildman–Crippen LogP) is 3.19. The fourth-order valence-corrected chi connectivity index (χ4v) is 3.59. The van der Waals surface area contributed by atoms with Gasteiger partial charge in [-0.2, -0.15) is 18.3 Å². The van der Waals surface area contributed by atoms with Crippen LogP contribution in [0.1, 0.15) is 18.4 Å². The number of imidazole rings is 1. The molecule has 0 aliphatic heterocycles. The minimum atomic E-state index is -4.49. The van der Waals surface area contributed by atoms with E-state index in [2.05, 4.69) is 20.4 Å². The van der Waals surface area contributed by atoms with Gasteiger partial charge in [-0.15, -0.1) is 0 Å². The van der Waals surface area contributed by atoms with Gasteiger partial charge < -0.3 is 22.1 Å². The van der Waals surface area contributed by atoms with E-state index in [1.165, 1.54) is 6.20 Å². The van der Waals surface area contributed by atoms with Crippen molar-refractivity contribution < 1.29 is 18.0 Å². The number of nitrogens with one attached hydrogen (secondary N) is 2. The number of alkyl halides is 3. The number of anilines is 1. The van der Waals surface area contributed by atoms with Crippen LogP contribution in [0.2, 0.25) is 0 Å². The molecule has 0 radical (unpaired) electrons. The van der Waals surface area contributed by atoms with Gasteiger partial charge in [0.15, 0.2) is 5.65 Å². The summed E-state index contributed by atoms with van der Waals surface area (Å²) in [4.78, 5) is 20.8. The summed E-state index contributed by atoms with van der Waals surface area (Å²) in [7, 11) is 0. The molecule has 1 fully saturated rings. The van der Waals surface area contributed by atoms with Gasteiger partial charge in [0.05, 0.1) is 24.1 Å². The summed E-state index contributed by atoms with van der Waals surface area (Å²) in [6, 6.07) is 7.58. The summed E-state index contributed by atoms with van der Waals surface area (Å²) in [5.74, 6) is 0.534. The van der Waals surface area contributed by atoms with Crippen LogP contribution in [0.3, 0.4) is 0 Å². The number of hydrogen-bond acceptors (Lipinski definition) is 6. The van der Waals surface area contributed by atoms with Gasteiger partial charge in [0.1, 0.15) is 6.54 Å². The van der Waals surface area contributed by atoms with Crippen molar-refractivity contribution in [1.29, 1.82) is 0 Å². The number of fused-ring (bicyclic) bond motifs is 1. The van der Waals surface area contributed by atoms with E-state index in [4.69, 9.17) is 11.5 Å². The molecule has 6 N–H and O–H groups in total. The summed E-state index contributed by atoms with van der Waals surface area (Å²) < 4.78 is 38.5. The fourth-order valence-electron chi connectivity index (χ4n) is 3.59. The van der Waals surface area contributed by atoms with E-state index in [1.807, 2.05) is 6.07 Å². The molecule has 3 aromatic rings. The standard InChI is InChI=1S/C23H25F3N8O/c24-23(25,26)13-31-22(35)33-18-3-1-2-15(6-18)20-12-30-21-7-16(11-32-34(20)21)17(8-27)10-29-19(9-28)14-4-5-14/h1-3,6-8,10-12,14,19H,4-5,9,13,27-28H2,(H2,31,33,35). The van der Waals surface area contributed by atoms with Crippen LogP contribution >= 0.6 is 0 Å². The van der Waals surface area contributed by atoms with Crippen molar-refractivity contribution >= 4 is 29.2 Å². The molecule has 1 saturated carbocycles. The number of urea groups is 1. The molecule has 4 rings (SSSR count). The number of carbonyl (C=O) groups is 1. The average Bonchev–Trinajstić information content (AvgIpc) is 3.58. The monoisotopic (exact) mass is 486 g/mol. The molecule has 9 nitrogen and oxygen atoms in total. The zero-order chi connectivity index (χ0) is 25.0. The molecule has 2 amide bonds. The number of nitrogens with two attached hydrogens (primary N) is 2. The zero-order valence-corrected chi connectivity index (χ0v) is 18.7. The van der Waals surface area contributed by atoms with Gasteiger partial charge in [-0.05, 0) is 37.0 Å². The number of rotatable bonds is 8. The zero-order valence-electron chi connectivity index (χ0n) is 18.7. The summed E-state index contributed by atoms with van der Waals surface area (Å²) in [5.41, 5.74) is 15.3. The van der Waals surface area contributed by atoms with Crippen LogP contribution in [0.4, 0.5) is 23.7 Å². The van der Waals surface area contributed by atoms with Crippen LogP contribution < -0.4 is 22.1 Å². The van der Waals surface area contributed by atoms with E-state index >= 15 is 0 Å². The summed E-state index contributed by atoms with van der Waals surface area (Å²) in [5, 5.41) is 8.64. The lowest BCUT2D eigenvalue weighted by molar-refractivity contribution is -0.122. The Morgan fingerprint density at radius 1 is 1.29 bits per heavy atom. The van der Waals surface area contributed by atoms with Crippen molar-refractivity contribution in [3.8, 4) is 11.3 Å².